The van der Waals surface area contributed by atoms with Crippen molar-refractivity contribution in [2.24, 2.45) is 0 Å². The average molecular weight is 617 g/mol. The Morgan fingerprint density at radius 2 is 1.38 bits per heavy atom. The molecule has 6 aromatic carbocycles. The van der Waals surface area contributed by atoms with Crippen molar-refractivity contribution < 1.29 is 4.42 Å². The van der Waals surface area contributed by atoms with E-state index in [4.69, 9.17) is 19.4 Å². The van der Waals surface area contributed by atoms with Crippen LogP contribution in [0.25, 0.3) is 83.0 Å². The molecular formula is C43H28N4O. The second-order valence-corrected chi connectivity index (χ2v) is 12.3. The van der Waals surface area contributed by atoms with Crippen LogP contribution >= 0.6 is 0 Å². The molecule has 10 rings (SSSR count). The van der Waals surface area contributed by atoms with E-state index in [9.17, 15) is 0 Å². The Bertz CT molecular complexity index is 2770. The molecule has 0 spiro atoms. The Morgan fingerprint density at radius 1 is 0.583 bits per heavy atom. The van der Waals surface area contributed by atoms with Gasteiger partial charge in [0.1, 0.15) is 17.0 Å². The molecule has 0 saturated heterocycles. The minimum Gasteiger partial charge on any atom is -0.455 e. The summed E-state index contributed by atoms with van der Waals surface area (Å²) in [6.45, 7) is 0. The minimum absolute atomic E-state index is 0.0760. The van der Waals surface area contributed by atoms with Crippen LogP contribution in [0.15, 0.2) is 156 Å². The Labute approximate surface area is 276 Å². The molecule has 0 fully saturated rings. The number of rotatable bonds is 4. The zero-order valence-electron chi connectivity index (χ0n) is 25.9. The molecule has 0 amide bonds. The third-order valence-corrected chi connectivity index (χ3v) is 9.54. The van der Waals surface area contributed by atoms with Gasteiger partial charge in [0.2, 0.25) is 0 Å². The molecule has 0 radical (unpaired) electrons. The first-order chi connectivity index (χ1) is 23.8. The molecule has 0 bridgehead atoms. The van der Waals surface area contributed by atoms with E-state index in [2.05, 4.69) is 126 Å². The van der Waals surface area contributed by atoms with Crippen LogP contribution in [-0.2, 0) is 0 Å². The summed E-state index contributed by atoms with van der Waals surface area (Å²) in [5.41, 5.74) is 6.78. The summed E-state index contributed by atoms with van der Waals surface area (Å²) in [6, 6.07) is 44.5. The van der Waals surface area contributed by atoms with Crippen molar-refractivity contribution >= 4 is 54.5 Å². The lowest BCUT2D eigenvalue weighted by atomic mass is 10.00. The predicted molar refractivity (Wildman–Crippen MR) is 195 cm³/mol. The third-order valence-electron chi connectivity index (χ3n) is 9.54. The quantitative estimate of drug-likeness (QED) is 0.197. The zero-order valence-corrected chi connectivity index (χ0v) is 25.9. The molecule has 3 aromatic heterocycles. The number of fused-ring (bicyclic) bond motifs is 8. The Morgan fingerprint density at radius 3 is 2.27 bits per heavy atom. The molecule has 1 unspecified atom stereocenters. The monoisotopic (exact) mass is 616 g/mol. The van der Waals surface area contributed by atoms with E-state index in [0.717, 1.165) is 62.0 Å². The molecule has 0 aliphatic heterocycles. The summed E-state index contributed by atoms with van der Waals surface area (Å²) in [5, 5.41) is 7.05. The van der Waals surface area contributed by atoms with E-state index in [-0.39, 0.29) is 5.92 Å². The molecule has 0 saturated carbocycles. The largest absolute Gasteiger partial charge is 0.455 e. The molecular weight excluding hydrogens is 589 g/mol. The lowest BCUT2D eigenvalue weighted by Gasteiger charge is -2.14. The maximum absolute atomic E-state index is 6.76. The van der Waals surface area contributed by atoms with Crippen LogP contribution in [0.5, 0.6) is 0 Å². The Balaban J connectivity index is 1.24. The summed E-state index contributed by atoms with van der Waals surface area (Å²) >= 11 is 0. The molecule has 48 heavy (non-hydrogen) atoms. The lowest BCUT2D eigenvalue weighted by Crippen LogP contribution is -2.07. The first kappa shape index (κ1) is 26.8. The van der Waals surface area contributed by atoms with Crippen LogP contribution in [0.3, 0.4) is 0 Å². The lowest BCUT2D eigenvalue weighted by molar-refractivity contribution is 0.669. The highest BCUT2D eigenvalue weighted by molar-refractivity contribution is 6.22. The molecule has 1 aliphatic carbocycles. The third kappa shape index (κ3) is 4.07. The molecule has 3 heterocycles. The summed E-state index contributed by atoms with van der Waals surface area (Å²) in [4.78, 5) is 15.1. The van der Waals surface area contributed by atoms with Crippen LogP contribution in [0.4, 0.5) is 0 Å². The van der Waals surface area contributed by atoms with Crippen molar-refractivity contribution in [3.05, 3.63) is 158 Å². The van der Waals surface area contributed by atoms with Gasteiger partial charge in [-0.2, -0.15) is 0 Å². The van der Waals surface area contributed by atoms with Gasteiger partial charge in [0.25, 0.3) is 0 Å². The van der Waals surface area contributed by atoms with E-state index in [0.29, 0.717) is 11.6 Å². The summed E-state index contributed by atoms with van der Waals surface area (Å²) < 4.78 is 9.15. The normalized spacial score (nSPS) is 14.6. The van der Waals surface area contributed by atoms with Gasteiger partial charge in [0.05, 0.1) is 27.7 Å². The highest BCUT2D eigenvalue weighted by Gasteiger charge is 2.23. The molecule has 0 N–H and O–H groups in total. The van der Waals surface area contributed by atoms with Gasteiger partial charge < -0.3 is 8.98 Å². The molecule has 1 aliphatic rings. The van der Waals surface area contributed by atoms with Gasteiger partial charge in [-0.3, -0.25) is 0 Å². The first-order valence-corrected chi connectivity index (χ1v) is 16.3. The van der Waals surface area contributed by atoms with Gasteiger partial charge >= 0.3 is 0 Å². The maximum Gasteiger partial charge on any atom is 0.167 e. The number of nitrogens with zero attached hydrogens (tertiary/aromatic N) is 4. The van der Waals surface area contributed by atoms with Crippen molar-refractivity contribution in [3.63, 3.8) is 0 Å². The molecule has 9 aromatic rings. The van der Waals surface area contributed by atoms with Gasteiger partial charge in [-0.25, -0.2) is 15.0 Å². The number of benzene rings is 6. The van der Waals surface area contributed by atoms with Gasteiger partial charge in [-0.1, -0.05) is 121 Å². The van der Waals surface area contributed by atoms with Gasteiger partial charge in [-0.15, -0.1) is 0 Å². The van der Waals surface area contributed by atoms with Crippen LogP contribution in [-0.4, -0.2) is 19.5 Å². The van der Waals surface area contributed by atoms with Crippen molar-refractivity contribution in [1.82, 2.24) is 19.5 Å². The number of allylic oxidation sites excluding steroid dienone is 4. The number of para-hydroxylation sites is 2. The van der Waals surface area contributed by atoms with Crippen molar-refractivity contribution in [3.8, 4) is 28.5 Å². The smallest absolute Gasteiger partial charge is 0.167 e. The van der Waals surface area contributed by atoms with E-state index >= 15 is 0 Å². The van der Waals surface area contributed by atoms with E-state index in [1.54, 1.807) is 0 Å². The summed E-state index contributed by atoms with van der Waals surface area (Å²) in [7, 11) is 0. The van der Waals surface area contributed by atoms with Crippen LogP contribution in [0.1, 0.15) is 18.2 Å². The first-order valence-electron chi connectivity index (χ1n) is 16.3. The summed E-state index contributed by atoms with van der Waals surface area (Å²) in [5.74, 6) is 2.10. The fraction of sp³-hybridized carbons (Fsp3) is 0.0465. The Hall–Kier alpha value is -6.33. The fourth-order valence-electron chi connectivity index (χ4n) is 7.36. The number of aromatic nitrogens is 4. The van der Waals surface area contributed by atoms with Crippen LogP contribution in [0.2, 0.25) is 0 Å². The molecule has 5 heteroatoms. The van der Waals surface area contributed by atoms with Crippen LogP contribution in [0, 0.1) is 0 Å². The van der Waals surface area contributed by atoms with E-state index in [1.165, 1.54) is 21.5 Å². The van der Waals surface area contributed by atoms with Crippen molar-refractivity contribution in [2.75, 3.05) is 0 Å². The average Bonchev–Trinajstić information content (AvgIpc) is 3.72. The zero-order chi connectivity index (χ0) is 31.6. The van der Waals surface area contributed by atoms with E-state index < -0.39 is 0 Å². The van der Waals surface area contributed by atoms with Crippen molar-refractivity contribution in [1.29, 1.82) is 0 Å². The number of hydrogen-bond acceptors (Lipinski definition) is 4. The van der Waals surface area contributed by atoms with Crippen LogP contribution < -0.4 is 0 Å². The molecule has 226 valence electrons. The van der Waals surface area contributed by atoms with Crippen molar-refractivity contribution in [2.45, 2.75) is 12.3 Å². The molecule has 1 atom stereocenters. The Kier molecular flexibility index (Phi) is 5.93. The molecule has 5 nitrogen and oxygen atoms in total. The minimum atomic E-state index is 0.0760. The SMILES string of the molecule is C1=CCC(c2nc(-c3ccccc3)nc(-c3cccc4c3oc3cccc(-n5c6ccccc6c6c7ccccc7ccc65)c34)n2)C=C1. The summed E-state index contributed by atoms with van der Waals surface area (Å²) in [6.07, 6.45) is 9.31. The number of furan rings is 1. The van der Waals surface area contributed by atoms with Gasteiger partial charge in [0, 0.05) is 27.6 Å². The predicted octanol–water partition coefficient (Wildman–Crippen LogP) is 11.0. The van der Waals surface area contributed by atoms with E-state index in [1.807, 2.05) is 30.3 Å². The second-order valence-electron chi connectivity index (χ2n) is 12.3. The topological polar surface area (TPSA) is 56.7 Å². The number of hydrogen-bond donors (Lipinski definition) is 0. The highest BCUT2D eigenvalue weighted by Crippen LogP contribution is 2.42. The van der Waals surface area contributed by atoms with Gasteiger partial charge in [0.15, 0.2) is 11.6 Å². The fourth-order valence-corrected chi connectivity index (χ4v) is 7.36. The highest BCUT2D eigenvalue weighted by atomic mass is 16.3. The standard InChI is InChI=1S/C43H28N4O/c1-3-14-28(15-4-1)41-44-42(29-16-5-2-6-17-29)46-43(45-41)33-21-11-20-32-39-35(23-12-24-37(39)48-40(32)33)47-34-22-10-9-19-31(34)38-30-18-8-7-13-27(30)25-26-36(38)47/h1-16,18-26,29H,17H2. The maximum atomic E-state index is 6.76. The van der Waals surface area contributed by atoms with Gasteiger partial charge in [-0.05, 0) is 47.5 Å². The second kappa shape index (κ2) is 10.6.